The van der Waals surface area contributed by atoms with Crippen molar-refractivity contribution in [2.75, 3.05) is 13.2 Å². The van der Waals surface area contributed by atoms with Crippen LogP contribution in [0, 0.1) is 0 Å². The van der Waals surface area contributed by atoms with Gasteiger partial charge in [0.2, 0.25) is 5.91 Å². The third kappa shape index (κ3) is 6.23. The zero-order valence-corrected chi connectivity index (χ0v) is 19.5. The number of ether oxygens (including phenoxy) is 1. The number of rotatable bonds is 8. The van der Waals surface area contributed by atoms with E-state index in [1.807, 2.05) is 17.5 Å². The Labute approximate surface area is 197 Å². The molecule has 2 aliphatic rings. The van der Waals surface area contributed by atoms with E-state index >= 15 is 0 Å². The Morgan fingerprint density at radius 1 is 1.09 bits per heavy atom. The normalized spacial score (nSPS) is 19.7. The van der Waals surface area contributed by atoms with Crippen LogP contribution in [0.15, 0.2) is 40.3 Å². The molecule has 1 saturated heterocycles. The van der Waals surface area contributed by atoms with Gasteiger partial charge in [0.25, 0.3) is 0 Å². The summed E-state index contributed by atoms with van der Waals surface area (Å²) in [6.45, 7) is 1.01. The van der Waals surface area contributed by atoms with E-state index in [1.165, 1.54) is 16.2 Å². The largest absolute Gasteiger partial charge is 0.467 e. The second-order valence-corrected chi connectivity index (χ2v) is 9.60. The first-order valence-corrected chi connectivity index (χ1v) is 12.6. The van der Waals surface area contributed by atoms with E-state index in [2.05, 4.69) is 10.6 Å². The van der Waals surface area contributed by atoms with E-state index < -0.39 is 17.9 Å². The molecule has 9 heteroatoms. The summed E-state index contributed by atoms with van der Waals surface area (Å²) >= 11 is 1.38. The van der Waals surface area contributed by atoms with Crippen LogP contribution in [0.1, 0.15) is 61.6 Å². The van der Waals surface area contributed by atoms with Crippen molar-refractivity contribution in [1.82, 2.24) is 15.5 Å². The molecular formula is C24H31N3O5S. The molecule has 4 rings (SSSR count). The molecule has 0 unspecified atom stereocenters. The number of carbonyl (C=O) groups excluding carboxylic acids is 3. The lowest BCUT2D eigenvalue weighted by atomic mass is 9.95. The Hall–Kier alpha value is -2.65. The number of nitrogens with one attached hydrogen (secondary N) is 2. The average Bonchev–Trinajstić information content (AvgIpc) is 3.62. The number of hydrogen-bond donors (Lipinski definition) is 2. The topological polar surface area (TPSA) is 101 Å². The summed E-state index contributed by atoms with van der Waals surface area (Å²) in [5.74, 6) is -1.09. The van der Waals surface area contributed by atoms with Gasteiger partial charge in [-0.05, 0) is 49.3 Å². The van der Waals surface area contributed by atoms with Crippen LogP contribution in [0.4, 0.5) is 0 Å². The first-order chi connectivity index (χ1) is 16.1. The third-order valence-electron chi connectivity index (χ3n) is 6.21. The molecule has 1 saturated carbocycles. The van der Waals surface area contributed by atoms with E-state index in [1.54, 1.807) is 18.4 Å². The van der Waals surface area contributed by atoms with Crippen molar-refractivity contribution in [3.05, 3.63) is 46.5 Å². The van der Waals surface area contributed by atoms with Crippen LogP contribution in [0.3, 0.4) is 0 Å². The number of amides is 3. The second-order valence-electron chi connectivity index (χ2n) is 8.62. The number of thiophene rings is 1. The lowest BCUT2D eigenvalue weighted by molar-refractivity contribution is -0.151. The molecule has 3 amide bonds. The molecule has 2 atom stereocenters. The highest BCUT2D eigenvalue weighted by Crippen LogP contribution is 2.28. The second kappa shape index (κ2) is 11.5. The zero-order chi connectivity index (χ0) is 23.0. The molecule has 2 fully saturated rings. The molecule has 0 bridgehead atoms. The Bertz CT molecular complexity index is 903. The van der Waals surface area contributed by atoms with Crippen LogP contribution in [0.2, 0.25) is 0 Å². The maximum atomic E-state index is 13.4. The first kappa shape index (κ1) is 23.5. The predicted molar refractivity (Wildman–Crippen MR) is 123 cm³/mol. The van der Waals surface area contributed by atoms with E-state index in [4.69, 9.17) is 9.15 Å². The number of carbonyl (C=O) groups is 3. The third-order valence-corrected chi connectivity index (χ3v) is 7.13. The smallest absolute Gasteiger partial charge is 0.312 e. The van der Waals surface area contributed by atoms with Crippen molar-refractivity contribution >= 4 is 29.1 Å². The monoisotopic (exact) mass is 473 g/mol. The first-order valence-electron chi connectivity index (χ1n) is 11.7. The minimum absolute atomic E-state index is 0.00717. The van der Waals surface area contributed by atoms with Crippen molar-refractivity contribution in [3.8, 4) is 0 Å². The molecule has 2 aromatic rings. The maximum absolute atomic E-state index is 13.4. The van der Waals surface area contributed by atoms with Crippen LogP contribution in [0.5, 0.6) is 0 Å². The van der Waals surface area contributed by atoms with Gasteiger partial charge in [0, 0.05) is 24.1 Å². The van der Waals surface area contributed by atoms with Crippen molar-refractivity contribution in [2.45, 2.75) is 69.7 Å². The SMILES string of the molecule is O=C(NC1CCCCC1)C(=O)N(C[C@@H]1CCCO1)[C@H](C(=O)NCc1ccco1)c1cccs1. The summed E-state index contributed by atoms with van der Waals surface area (Å²) in [5, 5.41) is 7.62. The highest BCUT2D eigenvalue weighted by Gasteiger charge is 2.38. The van der Waals surface area contributed by atoms with Crippen LogP contribution < -0.4 is 10.6 Å². The quantitative estimate of drug-likeness (QED) is 0.574. The Balaban J connectivity index is 1.54. The number of furan rings is 1. The van der Waals surface area contributed by atoms with Crippen LogP contribution >= 0.6 is 11.3 Å². The molecule has 178 valence electrons. The standard InChI is InChI=1S/C24H31N3O5S/c28-22(25-15-18-9-4-12-31-18)21(20-11-6-14-33-20)27(16-19-10-5-13-32-19)24(30)23(29)26-17-7-2-1-3-8-17/h4,6,9,11-12,14,17,19,21H,1-3,5,7-8,10,13,15-16H2,(H,25,28)(H,26,29)/t19-,21-/m0/s1. The van der Waals surface area contributed by atoms with Crippen molar-refractivity contribution in [1.29, 1.82) is 0 Å². The maximum Gasteiger partial charge on any atom is 0.312 e. The van der Waals surface area contributed by atoms with Crippen molar-refractivity contribution < 1.29 is 23.5 Å². The summed E-state index contributed by atoms with van der Waals surface area (Å²) in [6.07, 6.45) is 8.04. The lowest BCUT2D eigenvalue weighted by Gasteiger charge is -2.32. The zero-order valence-electron chi connectivity index (χ0n) is 18.7. The fraction of sp³-hybridized carbons (Fsp3) is 0.542. The Kier molecular flexibility index (Phi) is 8.17. The highest BCUT2D eigenvalue weighted by molar-refractivity contribution is 7.10. The van der Waals surface area contributed by atoms with Crippen molar-refractivity contribution in [3.63, 3.8) is 0 Å². The van der Waals surface area contributed by atoms with E-state index in [-0.39, 0.29) is 31.1 Å². The summed E-state index contributed by atoms with van der Waals surface area (Å²) in [7, 11) is 0. The molecule has 3 heterocycles. The van der Waals surface area contributed by atoms with Gasteiger partial charge in [-0.1, -0.05) is 25.3 Å². The molecule has 8 nitrogen and oxygen atoms in total. The van der Waals surface area contributed by atoms with E-state index in [0.29, 0.717) is 17.2 Å². The molecule has 1 aliphatic carbocycles. The van der Waals surface area contributed by atoms with Gasteiger partial charge < -0.3 is 24.7 Å². The van der Waals surface area contributed by atoms with Crippen LogP contribution in [-0.4, -0.2) is 47.9 Å². The minimum Gasteiger partial charge on any atom is -0.467 e. The van der Waals surface area contributed by atoms with Crippen LogP contribution in [-0.2, 0) is 25.7 Å². The molecular weight excluding hydrogens is 442 g/mol. The van der Waals surface area contributed by atoms with Gasteiger partial charge in [-0.15, -0.1) is 11.3 Å². The van der Waals surface area contributed by atoms with Gasteiger partial charge >= 0.3 is 11.8 Å². The number of nitrogens with zero attached hydrogens (tertiary/aromatic N) is 1. The van der Waals surface area contributed by atoms with Crippen LogP contribution in [0.25, 0.3) is 0 Å². The minimum atomic E-state index is -0.922. The van der Waals surface area contributed by atoms with Gasteiger partial charge in [-0.2, -0.15) is 0 Å². The number of hydrogen-bond acceptors (Lipinski definition) is 6. The molecule has 2 N–H and O–H groups in total. The summed E-state index contributed by atoms with van der Waals surface area (Å²) in [5.41, 5.74) is 0. The van der Waals surface area contributed by atoms with Gasteiger partial charge in [0.05, 0.1) is 18.9 Å². The van der Waals surface area contributed by atoms with Gasteiger partial charge in [0.1, 0.15) is 11.8 Å². The fourth-order valence-corrected chi connectivity index (χ4v) is 5.33. The molecule has 0 aromatic carbocycles. The molecule has 2 aromatic heterocycles. The Morgan fingerprint density at radius 2 is 1.94 bits per heavy atom. The van der Waals surface area contributed by atoms with Gasteiger partial charge in [-0.3, -0.25) is 14.4 Å². The average molecular weight is 474 g/mol. The predicted octanol–water partition coefficient (Wildman–Crippen LogP) is 3.16. The summed E-state index contributed by atoms with van der Waals surface area (Å²) < 4.78 is 11.1. The molecule has 0 radical (unpaired) electrons. The van der Waals surface area contributed by atoms with E-state index in [9.17, 15) is 14.4 Å². The highest BCUT2D eigenvalue weighted by atomic mass is 32.1. The van der Waals surface area contributed by atoms with Gasteiger partial charge in [-0.25, -0.2) is 0 Å². The van der Waals surface area contributed by atoms with E-state index in [0.717, 1.165) is 44.9 Å². The lowest BCUT2D eigenvalue weighted by Crippen LogP contribution is -2.52. The summed E-state index contributed by atoms with van der Waals surface area (Å²) in [4.78, 5) is 41.9. The molecule has 0 spiro atoms. The fourth-order valence-electron chi connectivity index (χ4n) is 4.49. The molecule has 1 aliphatic heterocycles. The summed E-state index contributed by atoms with van der Waals surface area (Å²) in [6, 6.07) is 6.26. The molecule has 33 heavy (non-hydrogen) atoms. The Morgan fingerprint density at radius 3 is 2.61 bits per heavy atom. The van der Waals surface area contributed by atoms with Gasteiger partial charge in [0.15, 0.2) is 0 Å². The van der Waals surface area contributed by atoms with Crippen molar-refractivity contribution in [2.24, 2.45) is 0 Å².